The number of aryl methyl sites for hydroxylation is 6. The van der Waals surface area contributed by atoms with Crippen molar-refractivity contribution in [3.05, 3.63) is 147 Å². The molecule has 22 nitrogen and oxygen atoms in total. The normalized spacial score (nSPS) is 10.8. The quantitative estimate of drug-likeness (QED) is 0.0533. The minimum absolute atomic E-state index is 0. The molecule has 8 aromatic rings. The van der Waals surface area contributed by atoms with Gasteiger partial charge in [0.1, 0.15) is 17.1 Å². The number of benzene rings is 4. The third kappa shape index (κ3) is 15.9. The summed E-state index contributed by atoms with van der Waals surface area (Å²) in [6.45, 7) is -0.500. The number of hydrogen-bond donors (Lipinski definition) is 3. The molecule has 67 heavy (non-hydrogen) atoms. The molecule has 0 fully saturated rings. The van der Waals surface area contributed by atoms with Crippen molar-refractivity contribution in [2.24, 2.45) is 83.2 Å². The number of azo groups is 4. The van der Waals surface area contributed by atoms with Crippen molar-refractivity contribution >= 4 is 75.8 Å². The van der Waals surface area contributed by atoms with Crippen LogP contribution in [0.2, 0.25) is 0 Å². The number of hydrogen-bond acceptors (Lipinski definition) is 15. The van der Waals surface area contributed by atoms with Gasteiger partial charge in [0, 0.05) is 64.1 Å². The third-order valence-corrected chi connectivity index (χ3v) is 8.99. The van der Waals surface area contributed by atoms with Gasteiger partial charge >= 0.3 is 17.8 Å². The molecule has 0 aliphatic heterocycles. The van der Waals surface area contributed by atoms with E-state index in [2.05, 4.69) is 66.4 Å². The average molecular weight is 929 g/mol. The molecule has 0 saturated heterocycles. The van der Waals surface area contributed by atoms with E-state index in [1.54, 1.807) is 12.4 Å². The number of nitrogens with one attached hydrogen (secondary N) is 3. The summed E-state index contributed by atoms with van der Waals surface area (Å²) in [5, 5.41) is 57.4. The van der Waals surface area contributed by atoms with E-state index in [0.29, 0.717) is 5.95 Å². The smallest absolute Gasteiger partial charge is 0.421 e. The molecule has 4 aromatic carbocycles. The van der Waals surface area contributed by atoms with Gasteiger partial charge in [-0.05, 0) is 97.1 Å². The van der Waals surface area contributed by atoms with Gasteiger partial charge in [-0.15, -0.1) is 10.2 Å². The van der Waals surface area contributed by atoms with Crippen LogP contribution < -0.4 is 47.1 Å². The molecule has 0 spiro atoms. The van der Waals surface area contributed by atoms with E-state index < -0.39 is 6.47 Å². The van der Waals surface area contributed by atoms with Crippen LogP contribution in [0.1, 0.15) is 0 Å². The molecule has 0 bridgehead atoms. The number of H-pyrrole nitrogens is 1. The fourth-order valence-electron chi connectivity index (χ4n) is 5.67. The predicted molar refractivity (Wildman–Crippen MR) is 240 cm³/mol. The van der Waals surface area contributed by atoms with E-state index in [4.69, 9.17) is 15.2 Å². The summed E-state index contributed by atoms with van der Waals surface area (Å²) in [5.74, 6) is 2.81. The SMILES string of the molecule is CO[O-].Cn1cc[n+](C)c1N=Nc1ccc(Nc2ccc(N=Nc3n(C)cc[n+]3C)cc2)cc1.Cn1cc[n+](C)c1N=Nc1ccc(Nc2ccc(N=Nc3ncc[nH]3)cc2)cc1.O=C[O-].[Cl-]. The standard InChI is InChI=1S/C22H24N9.C20H19N9.CH4O2.CH2O2.ClH/c1-28-13-14-29(2)21(28)26-24-19-9-5-17(6-10-19)23-18-7-11-20(12-8-18)25-27-22-30(3)15-16-31(22)4;1-28-13-14-29(2)20(28)27-25-18-9-5-16(6-10-18)23-15-3-7-17(8-4-15)24-26-19-21-11-12-22-19;1-3-2;2-1-3;/h5-16H,1-4H3;3-14H,1-2H3,(H,21,22,24,25);2H,1H3;1H,(H,2,3);1H/q+1;;;;/p-1. The summed E-state index contributed by atoms with van der Waals surface area (Å²) in [6.07, 6.45) is 15.0. The Balaban J connectivity index is 0.000000259. The molecule has 0 aliphatic rings. The van der Waals surface area contributed by atoms with Crippen LogP contribution in [-0.2, 0) is 52.0 Å². The number of rotatable bonds is 12. The Kier molecular flexibility index (Phi) is 20.0. The first-order valence-electron chi connectivity index (χ1n) is 19.8. The second kappa shape index (κ2) is 26.3. The zero-order valence-electron chi connectivity index (χ0n) is 37.7. The van der Waals surface area contributed by atoms with E-state index in [-0.39, 0.29) is 12.4 Å². The summed E-state index contributed by atoms with van der Waals surface area (Å²) in [4.78, 5) is 18.1. The number of halogens is 1. The maximum atomic E-state index is 8.43. The Bertz CT molecular complexity index is 2680. The van der Waals surface area contributed by atoms with Gasteiger partial charge in [-0.1, -0.05) is 15.3 Å². The Hall–Kier alpha value is -8.60. The lowest BCUT2D eigenvalue weighted by atomic mass is 10.2. The molecule has 0 amide bonds. The fraction of sp³-hybridized carbons (Fsp3) is 0.159. The zero-order valence-corrected chi connectivity index (χ0v) is 38.4. The highest BCUT2D eigenvalue weighted by molar-refractivity contribution is 5.64. The van der Waals surface area contributed by atoms with Crippen molar-refractivity contribution in [3.8, 4) is 0 Å². The van der Waals surface area contributed by atoms with Crippen molar-refractivity contribution in [2.75, 3.05) is 17.7 Å². The van der Waals surface area contributed by atoms with Crippen molar-refractivity contribution < 1.29 is 46.2 Å². The molecule has 3 N–H and O–H groups in total. The first-order chi connectivity index (χ1) is 32.0. The zero-order chi connectivity index (χ0) is 47.3. The highest BCUT2D eigenvalue weighted by Crippen LogP contribution is 2.26. The van der Waals surface area contributed by atoms with Crippen LogP contribution in [0.3, 0.4) is 0 Å². The van der Waals surface area contributed by atoms with E-state index in [1.165, 1.54) is 0 Å². The Morgan fingerprint density at radius 3 is 1.04 bits per heavy atom. The van der Waals surface area contributed by atoms with Crippen molar-refractivity contribution in [3.63, 3.8) is 0 Å². The van der Waals surface area contributed by atoms with Gasteiger partial charge in [-0.3, -0.25) is 0 Å². The largest absolute Gasteiger partial charge is 1.00 e. The summed E-state index contributed by atoms with van der Waals surface area (Å²) in [7, 11) is 12.7. The topological polar surface area (TPSA) is 250 Å². The number of aromatic amines is 1. The van der Waals surface area contributed by atoms with Crippen LogP contribution in [0.25, 0.3) is 0 Å². The first-order valence-corrected chi connectivity index (χ1v) is 19.8. The Labute approximate surface area is 392 Å². The number of carbonyl (C=O) groups is 1. The van der Waals surface area contributed by atoms with Crippen LogP contribution >= 0.6 is 0 Å². The summed E-state index contributed by atoms with van der Waals surface area (Å²) >= 11 is 0. The van der Waals surface area contributed by atoms with Crippen LogP contribution in [-0.4, -0.2) is 37.3 Å². The lowest BCUT2D eigenvalue weighted by Crippen LogP contribution is -3.00. The monoisotopic (exact) mass is 928 g/mol. The van der Waals surface area contributed by atoms with E-state index in [9.17, 15) is 0 Å². The molecule has 0 radical (unpaired) electrons. The highest BCUT2D eigenvalue weighted by Gasteiger charge is 2.12. The van der Waals surface area contributed by atoms with Gasteiger partial charge < -0.3 is 48.1 Å². The second-order valence-corrected chi connectivity index (χ2v) is 13.9. The summed E-state index contributed by atoms with van der Waals surface area (Å²) < 4.78 is 11.5. The molecule has 0 atom stereocenters. The van der Waals surface area contributed by atoms with E-state index in [1.807, 2.05) is 204 Å². The Morgan fingerprint density at radius 1 is 0.552 bits per heavy atom. The molecule has 346 valence electrons. The molecular weight excluding hydrogens is 880 g/mol. The van der Waals surface area contributed by atoms with Crippen molar-refractivity contribution in [1.82, 2.24) is 23.7 Å². The summed E-state index contributed by atoms with van der Waals surface area (Å²) in [5.41, 5.74) is 6.95. The molecule has 0 saturated carbocycles. The number of nitrogens with zero attached hydrogens (tertiary/aromatic N) is 15. The molecule has 0 unspecified atom stereocenters. The minimum atomic E-state index is -0.500. The Morgan fingerprint density at radius 2 is 0.821 bits per heavy atom. The number of aromatic nitrogens is 8. The second-order valence-electron chi connectivity index (χ2n) is 13.9. The van der Waals surface area contributed by atoms with Crippen LogP contribution in [0.15, 0.2) is 188 Å². The highest BCUT2D eigenvalue weighted by atomic mass is 35.5. The molecular formula is C44H49ClN18O4. The molecule has 0 aliphatic carbocycles. The van der Waals surface area contributed by atoms with Crippen LogP contribution in [0, 0.1) is 0 Å². The molecule has 8 rings (SSSR count). The van der Waals surface area contributed by atoms with Crippen LogP contribution in [0.5, 0.6) is 0 Å². The van der Waals surface area contributed by atoms with Crippen molar-refractivity contribution in [1.29, 1.82) is 0 Å². The van der Waals surface area contributed by atoms with E-state index in [0.717, 1.165) is 70.5 Å². The molecule has 4 heterocycles. The predicted octanol–water partition coefficient (Wildman–Crippen LogP) is 4.01. The number of carbonyl (C=O) groups excluding carboxylic acids is 1. The maximum Gasteiger partial charge on any atom is 0.421 e. The molecule has 23 heteroatoms. The van der Waals surface area contributed by atoms with Gasteiger partial charge in [0.05, 0.1) is 85.2 Å². The number of anilines is 4. The number of carboxylic acid groups (broad SMARTS) is 1. The fourth-order valence-corrected chi connectivity index (χ4v) is 5.67. The molecule has 4 aromatic heterocycles. The lowest BCUT2D eigenvalue weighted by Gasteiger charge is -2.06. The van der Waals surface area contributed by atoms with Gasteiger partial charge in [0.25, 0.3) is 0 Å². The maximum absolute atomic E-state index is 8.43. The third-order valence-electron chi connectivity index (χ3n) is 8.99. The van der Waals surface area contributed by atoms with Crippen LogP contribution in [0.4, 0.5) is 69.3 Å². The van der Waals surface area contributed by atoms with Gasteiger partial charge in [0.2, 0.25) is 5.95 Å². The first kappa shape index (κ1) is 51.0. The lowest BCUT2D eigenvalue weighted by molar-refractivity contribution is -0.679. The average Bonchev–Trinajstić information content (AvgIpc) is 4.12. The van der Waals surface area contributed by atoms with Gasteiger partial charge in [-0.25, -0.2) is 32.4 Å². The van der Waals surface area contributed by atoms with Crippen molar-refractivity contribution in [2.45, 2.75) is 0 Å². The van der Waals surface area contributed by atoms with E-state index >= 15 is 0 Å². The summed E-state index contributed by atoms with van der Waals surface area (Å²) in [6, 6.07) is 31.0. The van der Waals surface area contributed by atoms with Gasteiger partial charge in [0.15, 0.2) is 0 Å². The minimum Gasteiger partial charge on any atom is -1.00 e. The number of imidazole rings is 4. The van der Waals surface area contributed by atoms with Gasteiger partial charge in [-0.2, -0.15) is 0 Å².